The molecule has 0 aliphatic heterocycles. The first-order valence-electron chi connectivity index (χ1n) is 6.76. The van der Waals surface area contributed by atoms with E-state index in [2.05, 4.69) is 10.1 Å². The number of nitrogens with one attached hydrogen (secondary N) is 1. The van der Waals surface area contributed by atoms with E-state index in [1.807, 2.05) is 0 Å². The van der Waals surface area contributed by atoms with Crippen molar-refractivity contribution in [3.8, 4) is 5.75 Å². The molecule has 0 bridgehead atoms. The predicted molar refractivity (Wildman–Crippen MR) is 82.5 cm³/mol. The van der Waals surface area contributed by atoms with Gasteiger partial charge in [-0.25, -0.2) is 0 Å². The fourth-order valence-corrected chi connectivity index (χ4v) is 2.57. The van der Waals surface area contributed by atoms with Crippen LogP contribution in [0.4, 0.5) is 18.9 Å². The number of anilines is 1. The molecule has 1 N–H and O–H groups in total. The van der Waals surface area contributed by atoms with E-state index in [0.717, 1.165) is 23.9 Å². The van der Waals surface area contributed by atoms with Crippen LogP contribution in [0.15, 0.2) is 53.7 Å². The summed E-state index contributed by atoms with van der Waals surface area (Å²) in [5.74, 6) is -0.757. The Labute approximate surface area is 140 Å². The second-order valence-corrected chi connectivity index (χ2v) is 6.05. The van der Waals surface area contributed by atoms with Crippen molar-refractivity contribution in [2.45, 2.75) is 23.6 Å². The van der Waals surface area contributed by atoms with Gasteiger partial charge >= 0.3 is 6.36 Å². The fraction of sp³-hybridized carbons (Fsp3) is 0.200. The summed E-state index contributed by atoms with van der Waals surface area (Å²) in [7, 11) is 0. The molecule has 0 radical (unpaired) electrons. The van der Waals surface area contributed by atoms with Crippen molar-refractivity contribution in [3.63, 3.8) is 0 Å². The van der Waals surface area contributed by atoms with Gasteiger partial charge in [-0.1, -0.05) is 0 Å². The van der Waals surface area contributed by atoms with Crippen LogP contribution in [0, 0.1) is 5.21 Å². The number of hydrogen-bond acceptors (Lipinski definition) is 4. The van der Waals surface area contributed by atoms with Crippen molar-refractivity contribution in [3.05, 3.63) is 53.9 Å². The zero-order valence-electron chi connectivity index (χ0n) is 12.4. The smallest absolute Gasteiger partial charge is 0.573 e. The summed E-state index contributed by atoms with van der Waals surface area (Å²) in [5.41, 5.74) is 0.324. The number of carbonyl (C=O) groups is 1. The quantitative estimate of drug-likeness (QED) is 0.506. The lowest BCUT2D eigenvalue weighted by Gasteiger charge is -2.12. The van der Waals surface area contributed by atoms with E-state index in [4.69, 9.17) is 0 Å². The largest absolute Gasteiger partial charge is 0.618 e. The second kappa shape index (κ2) is 7.43. The van der Waals surface area contributed by atoms with Crippen LogP contribution in [-0.4, -0.2) is 17.5 Å². The molecule has 0 aliphatic rings. The molecular formula is C15H13F3N2O3S. The van der Waals surface area contributed by atoms with Crippen LogP contribution in [0.1, 0.15) is 6.92 Å². The van der Waals surface area contributed by atoms with Crippen LogP contribution in [0.5, 0.6) is 5.75 Å². The van der Waals surface area contributed by atoms with Gasteiger partial charge < -0.3 is 15.3 Å². The molecule has 0 saturated heterocycles. The SMILES string of the molecule is CC(Sc1cccc[n+]1[O-])C(=O)Nc1ccc(OC(F)(F)F)cc1. The summed E-state index contributed by atoms with van der Waals surface area (Å²) >= 11 is 1.07. The Hall–Kier alpha value is -2.42. The van der Waals surface area contributed by atoms with Crippen molar-refractivity contribution in [1.82, 2.24) is 0 Å². The zero-order chi connectivity index (χ0) is 17.7. The van der Waals surface area contributed by atoms with Crippen LogP contribution < -0.4 is 14.8 Å². The van der Waals surface area contributed by atoms with Gasteiger partial charge in [0.1, 0.15) is 5.75 Å². The maximum absolute atomic E-state index is 12.1. The van der Waals surface area contributed by atoms with Crippen LogP contribution >= 0.6 is 11.8 Å². The minimum atomic E-state index is -4.76. The third-order valence-electron chi connectivity index (χ3n) is 2.81. The first-order valence-corrected chi connectivity index (χ1v) is 7.64. The number of rotatable bonds is 5. The van der Waals surface area contributed by atoms with Gasteiger partial charge in [0, 0.05) is 17.8 Å². The average molecular weight is 358 g/mol. The number of alkyl halides is 3. The Morgan fingerprint density at radius 1 is 1.25 bits per heavy atom. The molecule has 1 unspecified atom stereocenters. The van der Waals surface area contributed by atoms with Crippen LogP contribution in [0.25, 0.3) is 0 Å². The highest BCUT2D eigenvalue weighted by atomic mass is 32.2. The lowest BCUT2D eigenvalue weighted by molar-refractivity contribution is -0.645. The maximum atomic E-state index is 12.1. The van der Waals surface area contributed by atoms with E-state index in [1.54, 1.807) is 25.1 Å². The molecule has 0 spiro atoms. The standard InChI is InChI=1S/C15H13F3N2O3S/c1-10(24-13-4-2-3-9-20(13)22)14(21)19-11-5-7-12(8-6-11)23-15(16,17)18/h2-10H,1H3,(H,19,21). The Bertz CT molecular complexity index is 708. The summed E-state index contributed by atoms with van der Waals surface area (Å²) in [6.07, 6.45) is -3.44. The number of amides is 1. The van der Waals surface area contributed by atoms with E-state index in [0.29, 0.717) is 15.4 Å². The van der Waals surface area contributed by atoms with E-state index in [1.165, 1.54) is 18.3 Å². The molecule has 1 aromatic heterocycles. The highest BCUT2D eigenvalue weighted by Gasteiger charge is 2.31. The highest BCUT2D eigenvalue weighted by molar-refractivity contribution is 8.00. The summed E-state index contributed by atoms with van der Waals surface area (Å²) in [5, 5.41) is 13.9. The van der Waals surface area contributed by atoms with E-state index in [9.17, 15) is 23.2 Å². The van der Waals surface area contributed by atoms with Crippen molar-refractivity contribution >= 4 is 23.4 Å². The topological polar surface area (TPSA) is 65.3 Å². The molecule has 1 amide bonds. The van der Waals surface area contributed by atoms with Crippen molar-refractivity contribution in [2.24, 2.45) is 0 Å². The Kier molecular flexibility index (Phi) is 5.55. The molecule has 1 aromatic carbocycles. The van der Waals surface area contributed by atoms with Gasteiger partial charge in [0.15, 0.2) is 6.20 Å². The van der Waals surface area contributed by atoms with Gasteiger partial charge in [-0.15, -0.1) is 13.2 Å². The monoisotopic (exact) mass is 358 g/mol. The third-order valence-corrected chi connectivity index (χ3v) is 3.94. The maximum Gasteiger partial charge on any atom is 0.573 e. The zero-order valence-corrected chi connectivity index (χ0v) is 13.2. The number of nitrogens with zero attached hydrogens (tertiary/aromatic N) is 1. The normalized spacial score (nSPS) is 12.5. The van der Waals surface area contributed by atoms with Gasteiger partial charge in [0.2, 0.25) is 5.91 Å². The molecule has 0 aliphatic carbocycles. The van der Waals surface area contributed by atoms with E-state index < -0.39 is 11.6 Å². The van der Waals surface area contributed by atoms with Gasteiger partial charge in [-0.05, 0) is 49.0 Å². The Balaban J connectivity index is 1.95. The second-order valence-electron chi connectivity index (χ2n) is 4.69. The Morgan fingerprint density at radius 2 is 1.92 bits per heavy atom. The van der Waals surface area contributed by atoms with Crippen molar-refractivity contribution in [1.29, 1.82) is 0 Å². The molecule has 128 valence electrons. The summed E-state index contributed by atoms with van der Waals surface area (Å²) in [4.78, 5) is 12.1. The number of hydrogen-bond donors (Lipinski definition) is 1. The van der Waals surface area contributed by atoms with Crippen molar-refractivity contribution in [2.75, 3.05) is 5.32 Å². The van der Waals surface area contributed by atoms with E-state index in [-0.39, 0.29) is 11.7 Å². The number of carbonyl (C=O) groups excluding carboxylic acids is 1. The lowest BCUT2D eigenvalue weighted by Crippen LogP contribution is -2.30. The molecule has 9 heteroatoms. The van der Waals surface area contributed by atoms with Gasteiger partial charge in [0.25, 0.3) is 5.03 Å². The number of halogens is 3. The third kappa shape index (κ3) is 5.34. The average Bonchev–Trinajstić information content (AvgIpc) is 2.50. The molecule has 2 rings (SSSR count). The number of aromatic nitrogens is 1. The molecule has 0 saturated carbocycles. The summed E-state index contributed by atoms with van der Waals surface area (Å²) in [6.45, 7) is 1.62. The minimum Gasteiger partial charge on any atom is -0.618 e. The molecule has 5 nitrogen and oxygen atoms in total. The van der Waals surface area contributed by atoms with Gasteiger partial charge in [0.05, 0.1) is 5.25 Å². The van der Waals surface area contributed by atoms with Crippen LogP contribution in [0.3, 0.4) is 0 Å². The van der Waals surface area contributed by atoms with Gasteiger partial charge in [-0.3, -0.25) is 4.79 Å². The molecule has 24 heavy (non-hydrogen) atoms. The van der Waals surface area contributed by atoms with Gasteiger partial charge in [-0.2, -0.15) is 4.73 Å². The minimum absolute atomic E-state index is 0.324. The molecule has 1 atom stereocenters. The van der Waals surface area contributed by atoms with Crippen molar-refractivity contribution < 1.29 is 27.4 Å². The number of pyridine rings is 1. The Morgan fingerprint density at radius 3 is 2.50 bits per heavy atom. The van der Waals surface area contributed by atoms with E-state index >= 15 is 0 Å². The number of benzene rings is 1. The summed E-state index contributed by atoms with van der Waals surface area (Å²) in [6, 6.07) is 9.64. The summed E-state index contributed by atoms with van der Waals surface area (Å²) < 4.78 is 40.6. The van der Waals surface area contributed by atoms with Crippen LogP contribution in [0.2, 0.25) is 0 Å². The van der Waals surface area contributed by atoms with Crippen LogP contribution in [-0.2, 0) is 4.79 Å². The molecule has 2 aromatic rings. The first kappa shape index (κ1) is 17.9. The fourth-order valence-electron chi connectivity index (χ4n) is 1.72. The number of thioether (sulfide) groups is 1. The predicted octanol–water partition coefficient (Wildman–Crippen LogP) is 3.34. The molecular weight excluding hydrogens is 345 g/mol. The molecule has 0 fully saturated rings. The highest BCUT2D eigenvalue weighted by Crippen LogP contribution is 2.25. The number of ether oxygens (including phenoxy) is 1. The first-order chi connectivity index (χ1) is 11.2. The lowest BCUT2D eigenvalue weighted by atomic mass is 10.3. The molecule has 1 heterocycles.